The second-order valence-corrected chi connectivity index (χ2v) is 6.24. The average Bonchev–Trinajstić information content (AvgIpc) is 2.26. The number of halogens is 1. The average molecular weight is 270 g/mol. The zero-order valence-corrected chi connectivity index (χ0v) is 10.3. The van der Waals surface area contributed by atoms with E-state index in [4.69, 9.17) is 0 Å². The van der Waals surface area contributed by atoms with Gasteiger partial charge in [-0.05, 0) is 25.2 Å². The minimum Gasteiger partial charge on any atom is -0.213 e. The fourth-order valence-corrected chi connectivity index (χ4v) is 3.17. The van der Waals surface area contributed by atoms with E-state index in [1.54, 1.807) is 4.31 Å². The highest BCUT2D eigenvalue weighted by Gasteiger charge is 2.21. The SMILES string of the molecule is CS(=O)(=O)N1CCCC(CBr)CC1. The molecule has 1 fully saturated rings. The van der Waals surface area contributed by atoms with Crippen molar-refractivity contribution in [1.82, 2.24) is 4.31 Å². The van der Waals surface area contributed by atoms with Crippen LogP contribution in [0.15, 0.2) is 0 Å². The van der Waals surface area contributed by atoms with Gasteiger partial charge < -0.3 is 0 Å². The minimum atomic E-state index is -2.96. The second kappa shape index (κ2) is 4.75. The molecule has 0 aliphatic carbocycles. The van der Waals surface area contributed by atoms with Crippen molar-refractivity contribution in [2.75, 3.05) is 24.7 Å². The van der Waals surface area contributed by atoms with Gasteiger partial charge in [0.15, 0.2) is 0 Å². The van der Waals surface area contributed by atoms with Gasteiger partial charge in [-0.1, -0.05) is 15.9 Å². The fourth-order valence-electron chi connectivity index (χ4n) is 1.62. The highest BCUT2D eigenvalue weighted by atomic mass is 79.9. The third-order valence-corrected chi connectivity index (χ3v) is 4.71. The first-order valence-corrected chi connectivity index (χ1v) is 7.52. The molecule has 1 aliphatic heterocycles. The van der Waals surface area contributed by atoms with E-state index in [1.165, 1.54) is 6.26 Å². The van der Waals surface area contributed by atoms with Crippen LogP contribution in [0.3, 0.4) is 0 Å². The summed E-state index contributed by atoms with van der Waals surface area (Å²) < 4.78 is 24.1. The summed E-state index contributed by atoms with van der Waals surface area (Å²) in [6.45, 7) is 1.39. The van der Waals surface area contributed by atoms with Crippen LogP contribution in [0.2, 0.25) is 0 Å². The molecule has 0 amide bonds. The van der Waals surface area contributed by atoms with Gasteiger partial charge >= 0.3 is 0 Å². The van der Waals surface area contributed by atoms with E-state index in [1.807, 2.05) is 0 Å². The van der Waals surface area contributed by atoms with Crippen LogP contribution in [0, 0.1) is 5.92 Å². The molecular weight excluding hydrogens is 254 g/mol. The summed E-state index contributed by atoms with van der Waals surface area (Å²) in [6, 6.07) is 0. The highest BCUT2D eigenvalue weighted by Crippen LogP contribution is 2.20. The molecule has 3 nitrogen and oxygen atoms in total. The first kappa shape index (κ1) is 11.5. The molecule has 0 radical (unpaired) electrons. The number of nitrogens with zero attached hydrogens (tertiary/aromatic N) is 1. The van der Waals surface area contributed by atoms with Gasteiger partial charge in [0, 0.05) is 18.4 Å². The Balaban J connectivity index is 2.55. The molecule has 1 heterocycles. The normalized spacial score (nSPS) is 27.1. The van der Waals surface area contributed by atoms with Gasteiger partial charge in [-0.25, -0.2) is 12.7 Å². The van der Waals surface area contributed by atoms with Gasteiger partial charge in [-0.3, -0.25) is 0 Å². The van der Waals surface area contributed by atoms with Crippen LogP contribution in [-0.2, 0) is 10.0 Å². The molecule has 0 spiro atoms. The Morgan fingerprint density at radius 2 is 2.08 bits per heavy atom. The molecule has 5 heteroatoms. The van der Waals surface area contributed by atoms with Crippen molar-refractivity contribution < 1.29 is 8.42 Å². The van der Waals surface area contributed by atoms with Gasteiger partial charge in [0.2, 0.25) is 10.0 Å². The molecule has 1 rings (SSSR count). The van der Waals surface area contributed by atoms with Crippen LogP contribution in [0.1, 0.15) is 19.3 Å². The third-order valence-electron chi connectivity index (χ3n) is 2.49. The van der Waals surface area contributed by atoms with E-state index in [0.29, 0.717) is 19.0 Å². The highest BCUT2D eigenvalue weighted by molar-refractivity contribution is 9.09. The van der Waals surface area contributed by atoms with Crippen molar-refractivity contribution in [2.24, 2.45) is 5.92 Å². The molecule has 0 saturated carbocycles. The lowest BCUT2D eigenvalue weighted by Gasteiger charge is -2.16. The summed E-state index contributed by atoms with van der Waals surface area (Å²) in [5, 5.41) is 0.991. The number of sulfonamides is 1. The lowest BCUT2D eigenvalue weighted by molar-refractivity contribution is 0.421. The zero-order chi connectivity index (χ0) is 9.90. The molecule has 0 aromatic carbocycles. The van der Waals surface area contributed by atoms with Gasteiger partial charge in [0.25, 0.3) is 0 Å². The molecular formula is C8H16BrNO2S. The van der Waals surface area contributed by atoms with E-state index in [-0.39, 0.29) is 0 Å². The van der Waals surface area contributed by atoms with Crippen molar-refractivity contribution in [3.63, 3.8) is 0 Å². The number of hydrogen-bond acceptors (Lipinski definition) is 2. The summed E-state index contributed by atoms with van der Waals surface area (Å²) in [5.74, 6) is 0.645. The maximum atomic E-state index is 11.2. The fraction of sp³-hybridized carbons (Fsp3) is 1.00. The summed E-state index contributed by atoms with van der Waals surface area (Å²) in [5.41, 5.74) is 0. The first-order valence-electron chi connectivity index (χ1n) is 4.55. The molecule has 1 aliphatic rings. The van der Waals surface area contributed by atoms with Gasteiger partial charge in [0.05, 0.1) is 6.26 Å². The molecule has 0 aromatic rings. The van der Waals surface area contributed by atoms with Crippen molar-refractivity contribution in [2.45, 2.75) is 19.3 Å². The quantitative estimate of drug-likeness (QED) is 0.712. The van der Waals surface area contributed by atoms with Crippen LogP contribution in [0.4, 0.5) is 0 Å². The Bertz CT molecular complexity index is 253. The van der Waals surface area contributed by atoms with Gasteiger partial charge in [-0.2, -0.15) is 0 Å². The van der Waals surface area contributed by atoms with Gasteiger partial charge in [-0.15, -0.1) is 0 Å². The Hall–Kier alpha value is 0.390. The van der Waals surface area contributed by atoms with Crippen molar-refractivity contribution in [1.29, 1.82) is 0 Å². The van der Waals surface area contributed by atoms with Crippen molar-refractivity contribution in [3.05, 3.63) is 0 Å². The smallest absolute Gasteiger partial charge is 0.211 e. The van der Waals surface area contributed by atoms with Crippen molar-refractivity contribution >= 4 is 26.0 Å². The first-order chi connectivity index (χ1) is 6.04. The van der Waals surface area contributed by atoms with Crippen LogP contribution in [-0.4, -0.2) is 37.4 Å². The minimum absolute atomic E-state index is 0.645. The molecule has 0 N–H and O–H groups in total. The van der Waals surface area contributed by atoms with E-state index in [0.717, 1.165) is 24.6 Å². The van der Waals surface area contributed by atoms with Gasteiger partial charge in [0.1, 0.15) is 0 Å². The largest absolute Gasteiger partial charge is 0.213 e. The number of rotatable bonds is 2. The zero-order valence-electron chi connectivity index (χ0n) is 7.87. The van der Waals surface area contributed by atoms with E-state index in [2.05, 4.69) is 15.9 Å². The maximum absolute atomic E-state index is 11.2. The standard InChI is InChI=1S/C8H16BrNO2S/c1-13(11,12)10-5-2-3-8(7-9)4-6-10/h8H,2-7H2,1H3. The van der Waals surface area contributed by atoms with E-state index >= 15 is 0 Å². The van der Waals surface area contributed by atoms with E-state index < -0.39 is 10.0 Å². The van der Waals surface area contributed by atoms with Crippen LogP contribution >= 0.6 is 15.9 Å². The van der Waals surface area contributed by atoms with Crippen LogP contribution in [0.25, 0.3) is 0 Å². The molecule has 1 saturated heterocycles. The Morgan fingerprint density at radius 3 is 2.62 bits per heavy atom. The Labute approximate surface area is 88.7 Å². The topological polar surface area (TPSA) is 37.4 Å². The molecule has 1 atom stereocenters. The maximum Gasteiger partial charge on any atom is 0.211 e. The number of hydrogen-bond donors (Lipinski definition) is 0. The summed E-state index contributed by atoms with van der Waals surface area (Å²) in [4.78, 5) is 0. The van der Waals surface area contributed by atoms with Crippen LogP contribution in [0.5, 0.6) is 0 Å². The predicted octanol–water partition coefficient (Wildman–Crippen LogP) is 1.44. The molecule has 0 bridgehead atoms. The third kappa shape index (κ3) is 3.56. The van der Waals surface area contributed by atoms with Crippen LogP contribution < -0.4 is 0 Å². The molecule has 0 aromatic heterocycles. The number of alkyl halides is 1. The summed E-state index contributed by atoms with van der Waals surface area (Å²) in [7, 11) is -2.96. The Morgan fingerprint density at radius 1 is 1.38 bits per heavy atom. The predicted molar refractivity (Wildman–Crippen MR) is 57.6 cm³/mol. The lowest BCUT2D eigenvalue weighted by Crippen LogP contribution is -2.30. The lowest BCUT2D eigenvalue weighted by atomic mass is 10.0. The Kier molecular flexibility index (Phi) is 4.19. The van der Waals surface area contributed by atoms with E-state index in [9.17, 15) is 8.42 Å². The van der Waals surface area contributed by atoms with Crippen molar-refractivity contribution in [3.8, 4) is 0 Å². The molecule has 78 valence electrons. The summed E-state index contributed by atoms with van der Waals surface area (Å²) >= 11 is 3.45. The monoisotopic (exact) mass is 269 g/mol. The molecule has 13 heavy (non-hydrogen) atoms. The second-order valence-electron chi connectivity index (χ2n) is 3.61. The molecule has 1 unspecified atom stereocenters. The summed E-state index contributed by atoms with van der Waals surface area (Å²) in [6.07, 6.45) is 4.40.